The third-order valence-electron chi connectivity index (χ3n) is 7.53. The van der Waals surface area contributed by atoms with E-state index in [1.165, 1.54) is 22.5 Å². The van der Waals surface area contributed by atoms with Gasteiger partial charge in [-0.15, -0.1) is 11.3 Å². The molecule has 1 aliphatic heterocycles. The Balaban J connectivity index is 1.54. The number of carbonyl (C=O) groups excluding carboxylic acids is 2. The van der Waals surface area contributed by atoms with Gasteiger partial charge in [0, 0.05) is 29.4 Å². The monoisotopic (exact) mass is 737 g/mol. The number of nitrogen functional groups attached to an aromatic ring is 1. The van der Waals surface area contributed by atoms with Gasteiger partial charge in [-0.2, -0.15) is 4.31 Å². The number of thiophene rings is 1. The molecule has 14 heteroatoms. The molecule has 1 aromatic heterocycles. The minimum absolute atomic E-state index is 0.0355. The first kappa shape index (κ1) is 38.4. The summed E-state index contributed by atoms with van der Waals surface area (Å²) in [7, 11) is -3.85. The van der Waals surface area contributed by atoms with Crippen LogP contribution in [0.5, 0.6) is 5.75 Å². The maximum Gasteiger partial charge on any atom is 0.352 e. The van der Waals surface area contributed by atoms with Gasteiger partial charge in [-0.25, -0.2) is 22.4 Å². The van der Waals surface area contributed by atoms with Crippen LogP contribution in [0.2, 0.25) is 5.02 Å². The predicted molar refractivity (Wildman–Crippen MR) is 192 cm³/mol. The number of nitrogens with one attached hydrogen (secondary N) is 1. The second-order valence-corrected chi connectivity index (χ2v) is 17.9. The summed E-state index contributed by atoms with van der Waals surface area (Å²) in [5.74, 6) is -2.42. The minimum Gasteiger partial charge on any atom is -0.479 e. The van der Waals surface area contributed by atoms with Crippen LogP contribution in [-0.4, -0.2) is 60.6 Å². The largest absolute Gasteiger partial charge is 0.479 e. The van der Waals surface area contributed by atoms with E-state index in [2.05, 4.69) is 5.32 Å². The number of nitrogens with two attached hydrogens (primary N) is 1. The number of rotatable bonds is 10. The first-order chi connectivity index (χ1) is 22.6. The Hall–Kier alpha value is -3.39. The van der Waals surface area contributed by atoms with Gasteiger partial charge in [0.1, 0.15) is 22.0 Å². The highest BCUT2D eigenvalue weighted by atomic mass is 35.5. The van der Waals surface area contributed by atoms with Crippen LogP contribution in [0.1, 0.15) is 83.5 Å². The molecule has 268 valence electrons. The smallest absolute Gasteiger partial charge is 0.352 e. The minimum atomic E-state index is -3.85. The van der Waals surface area contributed by atoms with Gasteiger partial charge in [-0.1, -0.05) is 35.9 Å². The molecular weight excluding hydrogens is 693 g/mol. The van der Waals surface area contributed by atoms with Crippen LogP contribution in [0.15, 0.2) is 42.5 Å². The fourth-order valence-corrected chi connectivity index (χ4v) is 9.09. The van der Waals surface area contributed by atoms with Gasteiger partial charge in [-0.05, 0) is 92.0 Å². The maximum atomic E-state index is 14.6. The third kappa shape index (κ3) is 9.87. The van der Waals surface area contributed by atoms with E-state index in [4.69, 9.17) is 31.5 Å². The molecule has 0 spiro atoms. The zero-order valence-corrected chi connectivity index (χ0v) is 31.5. The quantitative estimate of drug-likeness (QED) is 0.159. The Kier molecular flexibility index (Phi) is 11.3. The number of halogens is 2. The molecule has 0 amide bonds. The lowest BCUT2D eigenvalue weighted by Gasteiger charge is -2.45. The van der Waals surface area contributed by atoms with Gasteiger partial charge in [0.05, 0.1) is 16.3 Å². The summed E-state index contributed by atoms with van der Waals surface area (Å²) in [6.45, 7) is 14.0. The Morgan fingerprint density at radius 2 is 1.73 bits per heavy atom. The average Bonchev–Trinajstić information content (AvgIpc) is 3.28. The number of sulfonamides is 1. The molecule has 10 nitrogen and oxygen atoms in total. The van der Waals surface area contributed by atoms with E-state index in [0.717, 1.165) is 17.0 Å². The summed E-state index contributed by atoms with van der Waals surface area (Å²) in [5, 5.41) is 3.68. The molecule has 4 rings (SSSR count). The lowest BCUT2D eigenvalue weighted by atomic mass is 9.89. The summed E-state index contributed by atoms with van der Waals surface area (Å²) >= 11 is 7.92. The number of esters is 2. The number of ether oxygens (including phenoxy) is 3. The number of anilines is 2. The van der Waals surface area contributed by atoms with Crippen LogP contribution in [0.25, 0.3) is 10.4 Å². The average molecular weight is 738 g/mol. The molecule has 1 atom stereocenters. The van der Waals surface area contributed by atoms with Crippen molar-refractivity contribution < 1.29 is 36.6 Å². The van der Waals surface area contributed by atoms with Crippen molar-refractivity contribution in [2.24, 2.45) is 0 Å². The van der Waals surface area contributed by atoms with Crippen molar-refractivity contribution in [3.63, 3.8) is 0 Å². The Bertz CT molecular complexity index is 1810. The van der Waals surface area contributed by atoms with Crippen LogP contribution in [0, 0.1) is 5.82 Å². The Morgan fingerprint density at radius 1 is 1.08 bits per heavy atom. The third-order valence-corrected chi connectivity index (χ3v) is 11.2. The number of hydrogen-bond acceptors (Lipinski definition) is 10. The second-order valence-electron chi connectivity index (χ2n) is 14.7. The van der Waals surface area contributed by atoms with Gasteiger partial charge in [0.25, 0.3) is 0 Å². The molecule has 0 radical (unpaired) electrons. The van der Waals surface area contributed by atoms with E-state index in [9.17, 15) is 22.4 Å². The number of benzene rings is 2. The molecule has 0 unspecified atom stereocenters. The fourth-order valence-electron chi connectivity index (χ4n) is 5.66. The van der Waals surface area contributed by atoms with E-state index in [1.54, 1.807) is 41.5 Å². The second kappa shape index (κ2) is 14.5. The van der Waals surface area contributed by atoms with E-state index in [1.807, 2.05) is 38.1 Å². The molecule has 0 saturated carbocycles. The van der Waals surface area contributed by atoms with Crippen molar-refractivity contribution in [1.82, 2.24) is 4.31 Å². The molecule has 2 heterocycles. The van der Waals surface area contributed by atoms with E-state index in [0.29, 0.717) is 23.3 Å². The molecule has 0 bridgehead atoms. The van der Waals surface area contributed by atoms with Gasteiger partial charge < -0.3 is 25.3 Å². The molecular formula is C35H45ClFN3O7S2. The van der Waals surface area contributed by atoms with E-state index in [-0.39, 0.29) is 39.5 Å². The first-order valence-corrected chi connectivity index (χ1v) is 18.7. The lowest BCUT2D eigenvalue weighted by Crippen LogP contribution is -2.55. The zero-order chi connectivity index (χ0) is 36.5. The lowest BCUT2D eigenvalue weighted by molar-refractivity contribution is -0.157. The van der Waals surface area contributed by atoms with Crippen LogP contribution in [-0.2, 0) is 30.0 Å². The Labute approximate surface area is 297 Å². The van der Waals surface area contributed by atoms with Gasteiger partial charge >= 0.3 is 11.9 Å². The van der Waals surface area contributed by atoms with Crippen molar-refractivity contribution >= 4 is 56.3 Å². The number of piperidine rings is 1. The normalized spacial score (nSPS) is 17.0. The number of carbonyl (C=O) groups is 2. The van der Waals surface area contributed by atoms with Crippen LogP contribution in [0.3, 0.4) is 0 Å². The van der Waals surface area contributed by atoms with Crippen molar-refractivity contribution in [3.8, 4) is 16.2 Å². The Morgan fingerprint density at radius 3 is 2.37 bits per heavy atom. The predicted octanol–water partition coefficient (Wildman–Crippen LogP) is 7.65. The van der Waals surface area contributed by atoms with Crippen molar-refractivity contribution in [2.45, 2.75) is 96.8 Å². The highest BCUT2D eigenvalue weighted by Gasteiger charge is 2.42. The summed E-state index contributed by atoms with van der Waals surface area (Å²) in [5.41, 5.74) is 4.80. The molecule has 1 aliphatic rings. The van der Waals surface area contributed by atoms with Gasteiger partial charge in [0.15, 0.2) is 17.2 Å². The summed E-state index contributed by atoms with van der Waals surface area (Å²) in [6, 6.07) is 11.7. The SMILES string of the molecule is CC(C)(C)OC(=O)COc1c(C(=O)OC(C)(C)C)sc(-c2cccc(N[C@@H]3CCN(S(=O)(=O)Cc4cccc(N)c4F)C(C)(C)C3)c2)c1Cl. The van der Waals surface area contributed by atoms with Crippen LogP contribution < -0.4 is 15.8 Å². The highest BCUT2D eigenvalue weighted by Crippen LogP contribution is 2.47. The maximum absolute atomic E-state index is 14.6. The number of nitrogens with zero attached hydrogens (tertiary/aromatic N) is 1. The van der Waals surface area contributed by atoms with Crippen molar-refractivity contribution in [1.29, 1.82) is 0 Å². The summed E-state index contributed by atoms with van der Waals surface area (Å²) in [4.78, 5) is 26.3. The first-order valence-electron chi connectivity index (χ1n) is 15.9. The summed E-state index contributed by atoms with van der Waals surface area (Å²) < 4.78 is 59.6. The number of hydrogen-bond donors (Lipinski definition) is 2. The standard InChI is InChI=1S/C35H45ClFN3O7S2/c1-33(2,3)46-26(41)19-45-29-27(36)30(48-31(29)32(42)47-34(4,5)6)21-11-9-13-23(17-21)39-24-15-16-40(35(7,8)18-24)49(43,44)20-22-12-10-14-25(38)28(22)37/h9-14,17,24,39H,15-16,18-20,38H2,1-8H3/t24-/m1/s1. The molecule has 1 saturated heterocycles. The van der Waals surface area contributed by atoms with Crippen LogP contribution >= 0.6 is 22.9 Å². The zero-order valence-electron chi connectivity index (χ0n) is 29.1. The summed E-state index contributed by atoms with van der Waals surface area (Å²) in [6.07, 6.45) is 0.999. The van der Waals surface area contributed by atoms with E-state index >= 15 is 0 Å². The molecule has 0 aliphatic carbocycles. The topological polar surface area (TPSA) is 137 Å². The molecule has 2 aromatic carbocycles. The van der Waals surface area contributed by atoms with Crippen molar-refractivity contribution in [2.75, 3.05) is 24.2 Å². The van der Waals surface area contributed by atoms with Gasteiger partial charge in [-0.3, -0.25) is 0 Å². The van der Waals surface area contributed by atoms with Crippen molar-refractivity contribution in [3.05, 3.63) is 63.7 Å². The molecule has 49 heavy (non-hydrogen) atoms. The highest BCUT2D eigenvalue weighted by molar-refractivity contribution is 7.88. The molecule has 3 aromatic rings. The van der Waals surface area contributed by atoms with Crippen LogP contribution in [0.4, 0.5) is 15.8 Å². The van der Waals surface area contributed by atoms with Gasteiger partial charge in [0.2, 0.25) is 10.0 Å². The fraction of sp³-hybridized carbons (Fsp3) is 0.486. The van der Waals surface area contributed by atoms with E-state index < -0.39 is 56.9 Å². The molecule has 3 N–H and O–H groups in total. The molecule has 1 fully saturated rings.